The van der Waals surface area contributed by atoms with E-state index in [0.717, 1.165) is 11.1 Å². The zero-order valence-corrected chi connectivity index (χ0v) is 12.8. The number of primary amides is 1. The molecular formula is C17H18N2O3. The summed E-state index contributed by atoms with van der Waals surface area (Å²) >= 11 is 0. The molecule has 0 saturated heterocycles. The minimum Gasteiger partial charge on any atom is -0.496 e. The van der Waals surface area contributed by atoms with Crippen LogP contribution >= 0.6 is 0 Å². The Balaban J connectivity index is 2.25. The first-order valence-corrected chi connectivity index (χ1v) is 6.79. The smallest absolute Gasteiger partial charge is 0.259 e. The minimum atomic E-state index is -0.506. The first kappa shape index (κ1) is 15.6. The van der Waals surface area contributed by atoms with E-state index in [1.165, 1.54) is 7.11 Å². The maximum absolute atomic E-state index is 12.4. The molecule has 0 atom stereocenters. The second-order valence-corrected chi connectivity index (χ2v) is 5.03. The van der Waals surface area contributed by atoms with Crippen LogP contribution in [0.3, 0.4) is 0 Å². The molecule has 2 aromatic carbocycles. The molecule has 0 aliphatic carbocycles. The van der Waals surface area contributed by atoms with Crippen molar-refractivity contribution in [3.8, 4) is 5.75 Å². The molecule has 0 aliphatic heterocycles. The standard InChI is InChI=1S/C17H18N2O3/c1-10-8-14(15(22-3)9-11(10)2)17(21)19-13-6-4-12(5-7-13)16(18)20/h4-9H,1-3H3,(H2,18,20)(H,19,21). The maximum atomic E-state index is 12.4. The quantitative estimate of drug-likeness (QED) is 0.910. The Morgan fingerprint density at radius 2 is 1.64 bits per heavy atom. The number of amides is 2. The van der Waals surface area contributed by atoms with Gasteiger partial charge in [0.25, 0.3) is 5.91 Å². The van der Waals surface area contributed by atoms with Crippen LogP contribution in [0.4, 0.5) is 5.69 Å². The van der Waals surface area contributed by atoms with Gasteiger partial charge in [-0.15, -0.1) is 0 Å². The highest BCUT2D eigenvalue weighted by molar-refractivity contribution is 6.06. The van der Waals surface area contributed by atoms with Gasteiger partial charge in [-0.3, -0.25) is 9.59 Å². The van der Waals surface area contributed by atoms with E-state index in [0.29, 0.717) is 22.6 Å². The van der Waals surface area contributed by atoms with Crippen molar-refractivity contribution in [2.75, 3.05) is 12.4 Å². The van der Waals surface area contributed by atoms with Gasteiger partial charge in [-0.05, 0) is 61.4 Å². The van der Waals surface area contributed by atoms with Crippen LogP contribution < -0.4 is 15.8 Å². The van der Waals surface area contributed by atoms with Crippen LogP contribution in [0.2, 0.25) is 0 Å². The zero-order chi connectivity index (χ0) is 16.3. The number of hydrogen-bond acceptors (Lipinski definition) is 3. The number of carbonyl (C=O) groups excluding carboxylic acids is 2. The topological polar surface area (TPSA) is 81.4 Å². The highest BCUT2D eigenvalue weighted by Crippen LogP contribution is 2.24. The summed E-state index contributed by atoms with van der Waals surface area (Å²) in [5, 5.41) is 2.77. The third-order valence-electron chi connectivity index (χ3n) is 3.49. The fraction of sp³-hybridized carbons (Fsp3) is 0.176. The molecule has 0 aromatic heterocycles. The number of nitrogens with two attached hydrogens (primary N) is 1. The molecule has 0 fully saturated rings. The minimum absolute atomic E-state index is 0.272. The van der Waals surface area contributed by atoms with E-state index in [4.69, 9.17) is 10.5 Å². The number of nitrogens with one attached hydrogen (secondary N) is 1. The molecule has 2 amide bonds. The number of hydrogen-bond donors (Lipinski definition) is 2. The second-order valence-electron chi connectivity index (χ2n) is 5.03. The number of aryl methyl sites for hydroxylation is 2. The molecule has 0 saturated carbocycles. The van der Waals surface area contributed by atoms with Gasteiger partial charge >= 0.3 is 0 Å². The molecule has 0 spiro atoms. The fourth-order valence-electron chi connectivity index (χ4n) is 2.05. The van der Waals surface area contributed by atoms with E-state index in [9.17, 15) is 9.59 Å². The third-order valence-corrected chi connectivity index (χ3v) is 3.49. The Morgan fingerprint density at radius 3 is 2.18 bits per heavy atom. The van der Waals surface area contributed by atoms with Crippen molar-refractivity contribution in [2.45, 2.75) is 13.8 Å². The molecule has 0 radical (unpaired) electrons. The van der Waals surface area contributed by atoms with Crippen LogP contribution in [0, 0.1) is 13.8 Å². The van der Waals surface area contributed by atoms with Gasteiger partial charge in [-0.25, -0.2) is 0 Å². The largest absolute Gasteiger partial charge is 0.496 e. The molecule has 5 nitrogen and oxygen atoms in total. The lowest BCUT2D eigenvalue weighted by atomic mass is 10.0. The van der Waals surface area contributed by atoms with Crippen molar-refractivity contribution in [2.24, 2.45) is 5.73 Å². The average molecular weight is 298 g/mol. The van der Waals surface area contributed by atoms with Crippen LogP contribution in [-0.2, 0) is 0 Å². The molecule has 0 bridgehead atoms. The predicted molar refractivity (Wildman–Crippen MR) is 85.4 cm³/mol. The van der Waals surface area contributed by atoms with Gasteiger partial charge in [0, 0.05) is 11.3 Å². The number of benzene rings is 2. The monoisotopic (exact) mass is 298 g/mol. The zero-order valence-electron chi connectivity index (χ0n) is 12.8. The Morgan fingerprint density at radius 1 is 1.05 bits per heavy atom. The van der Waals surface area contributed by atoms with Crippen molar-refractivity contribution in [1.82, 2.24) is 0 Å². The molecular weight excluding hydrogens is 280 g/mol. The predicted octanol–water partition coefficient (Wildman–Crippen LogP) is 2.66. The molecule has 114 valence electrons. The average Bonchev–Trinajstić information content (AvgIpc) is 2.50. The van der Waals surface area contributed by atoms with Crippen molar-refractivity contribution in [3.05, 3.63) is 58.7 Å². The first-order chi connectivity index (χ1) is 10.4. The Bertz CT molecular complexity index is 721. The van der Waals surface area contributed by atoms with Gasteiger partial charge in [0.05, 0.1) is 12.7 Å². The number of anilines is 1. The molecule has 0 heterocycles. The van der Waals surface area contributed by atoms with Crippen LogP contribution in [0.1, 0.15) is 31.8 Å². The SMILES string of the molecule is COc1cc(C)c(C)cc1C(=O)Nc1ccc(C(N)=O)cc1. The molecule has 0 aliphatic rings. The van der Waals surface area contributed by atoms with Gasteiger partial charge in [0.1, 0.15) is 5.75 Å². The summed E-state index contributed by atoms with van der Waals surface area (Å²) in [6.45, 7) is 3.90. The van der Waals surface area contributed by atoms with Gasteiger partial charge in [0.2, 0.25) is 5.91 Å². The Hall–Kier alpha value is -2.82. The van der Waals surface area contributed by atoms with Crippen LogP contribution in [0.5, 0.6) is 5.75 Å². The van der Waals surface area contributed by atoms with E-state index in [2.05, 4.69) is 5.32 Å². The summed E-state index contributed by atoms with van der Waals surface area (Å²) in [7, 11) is 1.53. The number of ether oxygens (including phenoxy) is 1. The lowest BCUT2D eigenvalue weighted by Crippen LogP contribution is -2.14. The number of methoxy groups -OCH3 is 1. The summed E-state index contributed by atoms with van der Waals surface area (Å²) < 4.78 is 5.27. The fourth-order valence-corrected chi connectivity index (χ4v) is 2.05. The lowest BCUT2D eigenvalue weighted by molar-refractivity contribution is 0.0998. The van der Waals surface area contributed by atoms with Gasteiger partial charge in [-0.1, -0.05) is 0 Å². The molecule has 5 heteroatoms. The Kier molecular flexibility index (Phi) is 4.46. The second kappa shape index (κ2) is 6.30. The summed E-state index contributed by atoms with van der Waals surface area (Å²) in [4.78, 5) is 23.4. The lowest BCUT2D eigenvalue weighted by Gasteiger charge is -2.12. The van der Waals surface area contributed by atoms with Gasteiger partial charge < -0.3 is 15.8 Å². The summed E-state index contributed by atoms with van der Waals surface area (Å²) in [6, 6.07) is 10.0. The van der Waals surface area contributed by atoms with Crippen molar-refractivity contribution in [1.29, 1.82) is 0 Å². The van der Waals surface area contributed by atoms with Crippen molar-refractivity contribution >= 4 is 17.5 Å². The van der Waals surface area contributed by atoms with Crippen LogP contribution in [0.15, 0.2) is 36.4 Å². The van der Waals surface area contributed by atoms with E-state index in [1.54, 1.807) is 30.3 Å². The van der Waals surface area contributed by atoms with Crippen LogP contribution in [0.25, 0.3) is 0 Å². The van der Waals surface area contributed by atoms with Crippen molar-refractivity contribution in [3.63, 3.8) is 0 Å². The third kappa shape index (κ3) is 3.25. The van der Waals surface area contributed by atoms with E-state index < -0.39 is 5.91 Å². The van der Waals surface area contributed by atoms with Gasteiger partial charge in [-0.2, -0.15) is 0 Å². The Labute approximate surface area is 129 Å². The number of rotatable bonds is 4. The summed E-state index contributed by atoms with van der Waals surface area (Å²) in [6.07, 6.45) is 0. The normalized spacial score (nSPS) is 10.1. The molecule has 0 unspecified atom stereocenters. The summed E-state index contributed by atoms with van der Waals surface area (Å²) in [5.74, 6) is -0.255. The highest BCUT2D eigenvalue weighted by atomic mass is 16.5. The first-order valence-electron chi connectivity index (χ1n) is 6.79. The molecule has 22 heavy (non-hydrogen) atoms. The number of carbonyl (C=O) groups is 2. The molecule has 3 N–H and O–H groups in total. The molecule has 2 aromatic rings. The van der Waals surface area contributed by atoms with Crippen molar-refractivity contribution < 1.29 is 14.3 Å². The maximum Gasteiger partial charge on any atom is 0.259 e. The highest BCUT2D eigenvalue weighted by Gasteiger charge is 2.14. The summed E-state index contributed by atoms with van der Waals surface area (Å²) in [5.41, 5.74) is 8.68. The van der Waals surface area contributed by atoms with E-state index in [1.807, 2.05) is 19.9 Å². The molecule has 2 rings (SSSR count). The van der Waals surface area contributed by atoms with Gasteiger partial charge in [0.15, 0.2) is 0 Å². The van der Waals surface area contributed by atoms with Crippen LogP contribution in [-0.4, -0.2) is 18.9 Å². The van der Waals surface area contributed by atoms with E-state index in [-0.39, 0.29) is 5.91 Å². The van der Waals surface area contributed by atoms with E-state index >= 15 is 0 Å².